The summed E-state index contributed by atoms with van der Waals surface area (Å²) < 4.78 is 9.82. The molecule has 4 nitrogen and oxygen atoms in total. The van der Waals surface area contributed by atoms with E-state index in [0.717, 1.165) is 17.9 Å². The largest absolute Gasteiger partial charge is 0.497 e. The van der Waals surface area contributed by atoms with Crippen molar-refractivity contribution in [3.05, 3.63) is 29.8 Å². The van der Waals surface area contributed by atoms with E-state index in [9.17, 15) is 4.79 Å². The van der Waals surface area contributed by atoms with Gasteiger partial charge in [-0.15, -0.1) is 0 Å². The summed E-state index contributed by atoms with van der Waals surface area (Å²) in [6, 6.07) is 7.84. The summed E-state index contributed by atoms with van der Waals surface area (Å²) in [5.74, 6) is 0.617. The Hall–Kier alpha value is -1.55. The molecular weight excluding hydrogens is 218 g/mol. The van der Waals surface area contributed by atoms with Gasteiger partial charge < -0.3 is 9.47 Å². The minimum absolute atomic E-state index is 0.213. The fraction of sp³-hybridized carbons (Fsp3) is 0.462. The molecule has 0 amide bonds. The van der Waals surface area contributed by atoms with Crippen LogP contribution < -0.4 is 4.74 Å². The molecule has 1 rings (SSSR count). The molecule has 17 heavy (non-hydrogen) atoms. The number of carbonyl (C=O) groups excluding carboxylic acids is 1. The number of benzene rings is 1. The maximum Gasteiger partial charge on any atom is 0.319 e. The van der Waals surface area contributed by atoms with Gasteiger partial charge in [-0.2, -0.15) is 0 Å². The molecule has 0 aliphatic rings. The molecule has 0 aliphatic heterocycles. The van der Waals surface area contributed by atoms with Gasteiger partial charge in [0.25, 0.3) is 0 Å². The molecule has 0 saturated heterocycles. The van der Waals surface area contributed by atoms with Gasteiger partial charge in [0.1, 0.15) is 5.75 Å². The Bertz CT molecular complexity index is 365. The monoisotopic (exact) mass is 237 g/mol. The molecule has 0 radical (unpaired) electrons. The zero-order valence-electron chi connectivity index (χ0n) is 10.6. The third-order valence-electron chi connectivity index (χ3n) is 2.57. The van der Waals surface area contributed by atoms with Gasteiger partial charge in [0.2, 0.25) is 0 Å². The minimum atomic E-state index is -0.213. The maximum absolute atomic E-state index is 11.2. The van der Waals surface area contributed by atoms with Crippen LogP contribution in [0, 0.1) is 0 Å². The Morgan fingerprint density at radius 3 is 2.71 bits per heavy atom. The molecule has 0 fully saturated rings. The fourth-order valence-electron chi connectivity index (χ4n) is 1.56. The van der Waals surface area contributed by atoms with Gasteiger partial charge in [-0.3, -0.25) is 9.69 Å². The van der Waals surface area contributed by atoms with Crippen molar-refractivity contribution >= 4 is 5.97 Å². The van der Waals surface area contributed by atoms with Crippen molar-refractivity contribution in [1.82, 2.24) is 4.90 Å². The van der Waals surface area contributed by atoms with Gasteiger partial charge in [0.15, 0.2) is 0 Å². The van der Waals surface area contributed by atoms with E-state index >= 15 is 0 Å². The number of hydrogen-bond donors (Lipinski definition) is 0. The minimum Gasteiger partial charge on any atom is -0.497 e. The van der Waals surface area contributed by atoms with Gasteiger partial charge in [-0.25, -0.2) is 0 Å². The first-order valence-electron chi connectivity index (χ1n) is 5.61. The van der Waals surface area contributed by atoms with Crippen LogP contribution in [0.3, 0.4) is 0 Å². The summed E-state index contributed by atoms with van der Waals surface area (Å²) >= 11 is 0. The van der Waals surface area contributed by atoms with Crippen molar-refractivity contribution in [2.75, 3.05) is 27.3 Å². The van der Waals surface area contributed by atoms with Crippen LogP contribution >= 0.6 is 0 Å². The van der Waals surface area contributed by atoms with Gasteiger partial charge >= 0.3 is 5.97 Å². The van der Waals surface area contributed by atoms with Crippen LogP contribution in [0.25, 0.3) is 0 Å². The van der Waals surface area contributed by atoms with E-state index in [1.165, 1.54) is 7.11 Å². The number of methoxy groups -OCH3 is 2. The van der Waals surface area contributed by atoms with E-state index in [1.807, 2.05) is 36.1 Å². The normalized spacial score (nSPS) is 10.4. The van der Waals surface area contributed by atoms with Gasteiger partial charge in [-0.1, -0.05) is 19.1 Å². The van der Waals surface area contributed by atoms with E-state index in [4.69, 9.17) is 4.74 Å². The number of hydrogen-bond acceptors (Lipinski definition) is 4. The molecule has 0 atom stereocenters. The van der Waals surface area contributed by atoms with Crippen LogP contribution in [-0.2, 0) is 16.1 Å². The van der Waals surface area contributed by atoms with Gasteiger partial charge in [0.05, 0.1) is 20.8 Å². The van der Waals surface area contributed by atoms with E-state index in [-0.39, 0.29) is 5.97 Å². The average molecular weight is 237 g/mol. The lowest BCUT2D eigenvalue weighted by molar-refractivity contribution is -0.142. The predicted molar refractivity (Wildman–Crippen MR) is 66.0 cm³/mol. The molecule has 0 N–H and O–H groups in total. The van der Waals surface area contributed by atoms with E-state index in [1.54, 1.807) is 7.11 Å². The highest BCUT2D eigenvalue weighted by Gasteiger charge is 2.09. The van der Waals surface area contributed by atoms with Crippen molar-refractivity contribution < 1.29 is 14.3 Å². The highest BCUT2D eigenvalue weighted by molar-refractivity contribution is 5.71. The Morgan fingerprint density at radius 1 is 1.35 bits per heavy atom. The summed E-state index contributed by atoms with van der Waals surface area (Å²) in [6.45, 7) is 3.84. The fourth-order valence-corrected chi connectivity index (χ4v) is 1.56. The van der Waals surface area contributed by atoms with Crippen molar-refractivity contribution in [2.24, 2.45) is 0 Å². The Kier molecular flexibility index (Phi) is 5.49. The highest BCUT2D eigenvalue weighted by Crippen LogP contribution is 2.14. The first-order chi connectivity index (χ1) is 8.19. The molecule has 1 aromatic rings. The molecule has 0 spiro atoms. The second-order valence-corrected chi connectivity index (χ2v) is 3.73. The Balaban J connectivity index is 2.63. The molecule has 0 saturated carbocycles. The van der Waals surface area contributed by atoms with Crippen LogP contribution in [0.5, 0.6) is 5.75 Å². The maximum atomic E-state index is 11.2. The van der Waals surface area contributed by atoms with Crippen molar-refractivity contribution in [3.8, 4) is 5.75 Å². The zero-order chi connectivity index (χ0) is 12.7. The van der Waals surface area contributed by atoms with Crippen LogP contribution in [-0.4, -0.2) is 38.2 Å². The summed E-state index contributed by atoms with van der Waals surface area (Å²) in [6.07, 6.45) is 0. The first kappa shape index (κ1) is 13.5. The molecule has 0 bridgehead atoms. The van der Waals surface area contributed by atoms with Crippen molar-refractivity contribution in [1.29, 1.82) is 0 Å². The van der Waals surface area contributed by atoms with Gasteiger partial charge in [0, 0.05) is 6.54 Å². The smallest absolute Gasteiger partial charge is 0.319 e. The van der Waals surface area contributed by atoms with E-state index in [0.29, 0.717) is 13.1 Å². The summed E-state index contributed by atoms with van der Waals surface area (Å²) in [5, 5.41) is 0. The second-order valence-electron chi connectivity index (χ2n) is 3.73. The molecule has 94 valence electrons. The third-order valence-corrected chi connectivity index (χ3v) is 2.57. The lowest BCUT2D eigenvalue weighted by Gasteiger charge is -2.19. The topological polar surface area (TPSA) is 38.8 Å². The summed E-state index contributed by atoms with van der Waals surface area (Å²) in [5.41, 5.74) is 1.12. The number of carbonyl (C=O) groups is 1. The quantitative estimate of drug-likeness (QED) is 0.706. The highest BCUT2D eigenvalue weighted by atomic mass is 16.5. The molecular formula is C13H19NO3. The first-order valence-corrected chi connectivity index (χ1v) is 5.61. The predicted octanol–water partition coefficient (Wildman–Crippen LogP) is 1.69. The van der Waals surface area contributed by atoms with Crippen LogP contribution in [0.2, 0.25) is 0 Å². The van der Waals surface area contributed by atoms with Crippen molar-refractivity contribution in [3.63, 3.8) is 0 Å². The van der Waals surface area contributed by atoms with Crippen LogP contribution in [0.1, 0.15) is 12.5 Å². The van der Waals surface area contributed by atoms with E-state index < -0.39 is 0 Å². The van der Waals surface area contributed by atoms with Gasteiger partial charge in [-0.05, 0) is 24.2 Å². The molecule has 4 heteroatoms. The summed E-state index contributed by atoms with van der Waals surface area (Å²) in [4.78, 5) is 13.2. The number of likely N-dealkylation sites (N-methyl/N-ethyl adjacent to an activating group) is 1. The molecule has 0 heterocycles. The zero-order valence-corrected chi connectivity index (χ0v) is 10.6. The molecule has 0 aromatic heterocycles. The average Bonchev–Trinajstić information content (AvgIpc) is 2.37. The van der Waals surface area contributed by atoms with Crippen LogP contribution in [0.15, 0.2) is 24.3 Å². The molecule has 0 unspecified atom stereocenters. The molecule has 0 aliphatic carbocycles. The number of rotatable bonds is 6. The van der Waals surface area contributed by atoms with Crippen molar-refractivity contribution in [2.45, 2.75) is 13.5 Å². The summed E-state index contributed by atoms with van der Waals surface area (Å²) in [7, 11) is 3.05. The lowest BCUT2D eigenvalue weighted by Crippen LogP contribution is -2.29. The second kappa shape index (κ2) is 6.91. The SMILES string of the molecule is CCN(CC(=O)OC)Cc1cccc(OC)c1. The number of nitrogens with zero attached hydrogens (tertiary/aromatic N) is 1. The third kappa shape index (κ3) is 4.44. The van der Waals surface area contributed by atoms with E-state index in [2.05, 4.69) is 4.74 Å². The van der Waals surface area contributed by atoms with Crippen LogP contribution in [0.4, 0.5) is 0 Å². The number of esters is 1. The lowest BCUT2D eigenvalue weighted by atomic mass is 10.2. The Morgan fingerprint density at radius 2 is 2.12 bits per heavy atom. The molecule has 1 aromatic carbocycles. The number of ether oxygens (including phenoxy) is 2. The Labute approximate surface area is 102 Å². The standard InChI is InChI=1S/C13H19NO3/c1-4-14(10-13(15)17-3)9-11-6-5-7-12(8-11)16-2/h5-8H,4,9-10H2,1-3H3.